The molecule has 142 valence electrons. The van der Waals surface area contributed by atoms with Gasteiger partial charge in [-0.15, -0.1) is 0 Å². The Bertz CT molecular complexity index is 782. The van der Waals surface area contributed by atoms with Crippen molar-refractivity contribution in [3.63, 3.8) is 0 Å². The van der Waals surface area contributed by atoms with Gasteiger partial charge in [0.2, 0.25) is 0 Å². The van der Waals surface area contributed by atoms with Gasteiger partial charge in [0.1, 0.15) is 8.07 Å². The minimum Gasteiger partial charge on any atom is -0.403 e. The van der Waals surface area contributed by atoms with Crippen molar-refractivity contribution in [2.45, 2.75) is 58.3 Å². The lowest BCUT2D eigenvalue weighted by atomic mass is 9.84. The average Bonchev–Trinajstić information content (AvgIpc) is 2.82. The van der Waals surface area contributed by atoms with Crippen LogP contribution in [0.2, 0.25) is 19.4 Å². The molecule has 2 aromatic rings. The van der Waals surface area contributed by atoms with E-state index in [9.17, 15) is 0 Å². The van der Waals surface area contributed by atoms with Crippen LogP contribution in [0.3, 0.4) is 0 Å². The van der Waals surface area contributed by atoms with Crippen LogP contribution in [0, 0.1) is 0 Å². The molecule has 1 fully saturated rings. The lowest BCUT2D eigenvalue weighted by Gasteiger charge is -2.32. The van der Waals surface area contributed by atoms with Crippen molar-refractivity contribution in [2.75, 3.05) is 0 Å². The maximum absolute atomic E-state index is 6.32. The van der Waals surface area contributed by atoms with E-state index in [2.05, 4.69) is 108 Å². The van der Waals surface area contributed by atoms with Gasteiger partial charge in [-0.25, -0.2) is 0 Å². The van der Waals surface area contributed by atoms with Crippen LogP contribution in [0.4, 0.5) is 0 Å². The molecule has 0 aromatic heterocycles. The Morgan fingerprint density at radius 2 is 1.33 bits per heavy atom. The highest BCUT2D eigenvalue weighted by Crippen LogP contribution is 2.39. The average molecular weight is 378 g/mol. The van der Waals surface area contributed by atoms with E-state index >= 15 is 0 Å². The first-order chi connectivity index (χ1) is 12.6. The molecule has 1 heterocycles. The third kappa shape index (κ3) is 4.29. The Morgan fingerprint density at radius 1 is 0.852 bits per heavy atom. The van der Waals surface area contributed by atoms with Crippen molar-refractivity contribution >= 4 is 26.5 Å². The van der Waals surface area contributed by atoms with E-state index in [-0.39, 0.29) is 18.3 Å². The molecule has 0 N–H and O–H groups in total. The summed E-state index contributed by atoms with van der Waals surface area (Å²) in [6, 6.07) is 21.5. The molecule has 0 unspecified atom stereocenters. The standard InChI is InChI=1S/C23H31BO2Si/c1-22(2)23(3,4)26-24(25-22)18-21(17-19-13-9-7-10-14-19)27(5,6)20-15-11-8-12-16-20/h7-17H,18H2,1-6H3/b21-17+. The molecule has 0 atom stereocenters. The lowest BCUT2D eigenvalue weighted by Crippen LogP contribution is -2.45. The minimum absolute atomic E-state index is 0.208. The quantitative estimate of drug-likeness (QED) is 0.656. The molecule has 4 heteroatoms. The van der Waals surface area contributed by atoms with E-state index in [1.54, 1.807) is 0 Å². The van der Waals surface area contributed by atoms with Gasteiger partial charge in [-0.05, 0) is 33.3 Å². The fourth-order valence-electron chi connectivity index (χ4n) is 3.51. The molecule has 0 bridgehead atoms. The molecular formula is C23H31BO2Si. The maximum atomic E-state index is 6.32. The zero-order chi connectivity index (χ0) is 19.7. The number of hydrogen-bond donors (Lipinski definition) is 0. The lowest BCUT2D eigenvalue weighted by molar-refractivity contribution is 0.00578. The van der Waals surface area contributed by atoms with E-state index in [1.165, 1.54) is 15.9 Å². The van der Waals surface area contributed by atoms with Crippen LogP contribution in [0.15, 0.2) is 65.9 Å². The molecular weight excluding hydrogens is 347 g/mol. The first-order valence-corrected chi connectivity index (χ1v) is 12.8. The van der Waals surface area contributed by atoms with Crippen LogP contribution in [0.25, 0.3) is 6.08 Å². The third-order valence-electron chi connectivity index (χ3n) is 6.13. The summed E-state index contributed by atoms with van der Waals surface area (Å²) in [5.41, 5.74) is 0.641. The smallest absolute Gasteiger partial charge is 0.403 e. The number of rotatable bonds is 5. The van der Waals surface area contributed by atoms with Crippen LogP contribution < -0.4 is 5.19 Å². The van der Waals surface area contributed by atoms with Gasteiger partial charge in [0.05, 0.1) is 11.2 Å². The van der Waals surface area contributed by atoms with Gasteiger partial charge in [0.25, 0.3) is 0 Å². The third-order valence-corrected chi connectivity index (χ3v) is 9.86. The van der Waals surface area contributed by atoms with Crippen LogP contribution in [0.1, 0.15) is 33.3 Å². The van der Waals surface area contributed by atoms with Gasteiger partial charge in [-0.3, -0.25) is 0 Å². The van der Waals surface area contributed by atoms with E-state index in [0.29, 0.717) is 0 Å². The molecule has 0 amide bonds. The second-order valence-electron chi connectivity index (χ2n) is 8.96. The molecule has 0 radical (unpaired) electrons. The normalized spacial score (nSPS) is 19.3. The zero-order valence-electron chi connectivity index (χ0n) is 17.5. The summed E-state index contributed by atoms with van der Waals surface area (Å²) in [7, 11) is -2.06. The second-order valence-corrected chi connectivity index (χ2v) is 13.4. The molecule has 2 aromatic carbocycles. The Kier molecular flexibility index (Phi) is 5.53. The van der Waals surface area contributed by atoms with Gasteiger partial charge in [0.15, 0.2) is 0 Å². The summed E-state index contributed by atoms with van der Waals surface area (Å²) in [5, 5.41) is 2.88. The summed E-state index contributed by atoms with van der Waals surface area (Å²) >= 11 is 0. The van der Waals surface area contributed by atoms with E-state index < -0.39 is 8.07 Å². The predicted octanol–water partition coefficient (Wildman–Crippen LogP) is 5.32. The van der Waals surface area contributed by atoms with E-state index in [4.69, 9.17) is 9.31 Å². The van der Waals surface area contributed by atoms with Gasteiger partial charge >= 0.3 is 7.12 Å². The predicted molar refractivity (Wildman–Crippen MR) is 119 cm³/mol. The highest BCUT2D eigenvalue weighted by Gasteiger charge is 2.51. The molecule has 0 spiro atoms. The van der Waals surface area contributed by atoms with Crippen molar-refractivity contribution in [3.8, 4) is 0 Å². The molecule has 2 nitrogen and oxygen atoms in total. The van der Waals surface area contributed by atoms with E-state index in [0.717, 1.165) is 6.32 Å². The number of allylic oxidation sites excluding steroid dienone is 1. The van der Waals surface area contributed by atoms with Crippen LogP contribution in [-0.2, 0) is 9.31 Å². The molecule has 0 aliphatic carbocycles. The fraction of sp³-hybridized carbons (Fsp3) is 0.391. The highest BCUT2D eigenvalue weighted by atomic mass is 28.3. The van der Waals surface area contributed by atoms with Crippen molar-refractivity contribution < 1.29 is 9.31 Å². The Morgan fingerprint density at radius 3 is 1.85 bits per heavy atom. The highest BCUT2D eigenvalue weighted by molar-refractivity contribution is 6.96. The van der Waals surface area contributed by atoms with Gasteiger partial charge in [0, 0.05) is 6.32 Å². The molecule has 1 aliphatic heterocycles. The van der Waals surface area contributed by atoms with Crippen molar-refractivity contribution in [1.29, 1.82) is 0 Å². The fourth-order valence-corrected chi connectivity index (χ4v) is 6.11. The Hall–Kier alpha value is -1.62. The molecule has 3 rings (SSSR count). The molecule has 27 heavy (non-hydrogen) atoms. The SMILES string of the molecule is CC1(C)OB(C/C(=C\c2ccccc2)[Si](C)(C)c2ccccc2)OC1(C)C. The second kappa shape index (κ2) is 7.42. The van der Waals surface area contributed by atoms with Crippen molar-refractivity contribution in [1.82, 2.24) is 0 Å². The van der Waals surface area contributed by atoms with Crippen LogP contribution in [-0.4, -0.2) is 26.4 Å². The van der Waals surface area contributed by atoms with E-state index in [1.807, 2.05) is 0 Å². The van der Waals surface area contributed by atoms with Crippen LogP contribution >= 0.6 is 0 Å². The Labute approximate surface area is 165 Å². The van der Waals surface area contributed by atoms with Crippen LogP contribution in [0.5, 0.6) is 0 Å². The van der Waals surface area contributed by atoms with Gasteiger partial charge in [-0.2, -0.15) is 0 Å². The topological polar surface area (TPSA) is 18.5 Å². The maximum Gasteiger partial charge on any atom is 0.461 e. The summed E-state index contributed by atoms with van der Waals surface area (Å²) in [6.07, 6.45) is 3.15. The molecule has 1 saturated heterocycles. The monoisotopic (exact) mass is 378 g/mol. The van der Waals surface area contributed by atoms with Gasteiger partial charge in [-0.1, -0.05) is 90.2 Å². The summed E-state index contributed by atoms with van der Waals surface area (Å²) < 4.78 is 12.6. The summed E-state index contributed by atoms with van der Waals surface area (Å²) in [5.74, 6) is 0. The number of hydrogen-bond acceptors (Lipinski definition) is 2. The molecule has 1 aliphatic rings. The first kappa shape index (κ1) is 20.1. The minimum atomic E-state index is -1.85. The number of benzene rings is 2. The summed E-state index contributed by atoms with van der Waals surface area (Å²) in [6.45, 7) is 13.3. The first-order valence-electron chi connectivity index (χ1n) is 9.79. The van der Waals surface area contributed by atoms with Gasteiger partial charge < -0.3 is 9.31 Å². The largest absolute Gasteiger partial charge is 0.461 e. The zero-order valence-corrected chi connectivity index (χ0v) is 18.5. The summed E-state index contributed by atoms with van der Waals surface area (Å²) in [4.78, 5) is 0. The van der Waals surface area contributed by atoms with Crippen molar-refractivity contribution in [2.24, 2.45) is 0 Å². The molecule has 0 saturated carbocycles. The Balaban J connectivity index is 1.96. The van der Waals surface area contributed by atoms with Crippen molar-refractivity contribution in [3.05, 3.63) is 71.4 Å².